The molecule has 0 aliphatic carbocycles. The SMILES string of the molecule is CN(C)c1ccc(CCCN2CCOCC2)s1. The van der Waals surface area contributed by atoms with E-state index in [9.17, 15) is 0 Å². The van der Waals surface area contributed by atoms with E-state index in [4.69, 9.17) is 4.74 Å². The lowest BCUT2D eigenvalue weighted by atomic mass is 10.2. The molecule has 0 saturated carbocycles. The Labute approximate surface area is 108 Å². The second-order valence-electron chi connectivity index (χ2n) is 4.69. The predicted molar refractivity (Wildman–Crippen MR) is 74.2 cm³/mol. The number of thiophene rings is 1. The summed E-state index contributed by atoms with van der Waals surface area (Å²) >= 11 is 1.91. The van der Waals surface area contributed by atoms with Gasteiger partial charge in [0.25, 0.3) is 0 Å². The van der Waals surface area contributed by atoms with Crippen LogP contribution in [-0.4, -0.2) is 51.8 Å². The second-order valence-corrected chi connectivity index (χ2v) is 5.84. The van der Waals surface area contributed by atoms with Crippen molar-refractivity contribution in [2.45, 2.75) is 12.8 Å². The number of hydrogen-bond acceptors (Lipinski definition) is 4. The van der Waals surface area contributed by atoms with Gasteiger partial charge in [-0.2, -0.15) is 0 Å². The van der Waals surface area contributed by atoms with Gasteiger partial charge in [0, 0.05) is 32.1 Å². The highest BCUT2D eigenvalue weighted by molar-refractivity contribution is 7.16. The molecule has 96 valence electrons. The molecule has 0 radical (unpaired) electrons. The Kier molecular flexibility index (Phi) is 4.83. The molecule has 17 heavy (non-hydrogen) atoms. The molecule has 1 aromatic rings. The molecule has 2 heterocycles. The smallest absolute Gasteiger partial charge is 0.0906 e. The van der Waals surface area contributed by atoms with Crippen molar-refractivity contribution in [2.24, 2.45) is 0 Å². The Morgan fingerprint density at radius 1 is 1.29 bits per heavy atom. The summed E-state index contributed by atoms with van der Waals surface area (Å²) in [4.78, 5) is 6.18. The van der Waals surface area contributed by atoms with Crippen molar-refractivity contribution in [3.05, 3.63) is 17.0 Å². The lowest BCUT2D eigenvalue weighted by Gasteiger charge is -2.26. The standard InChI is InChI=1S/C13H22N2OS/c1-14(2)13-6-5-12(17-13)4-3-7-15-8-10-16-11-9-15/h5-6H,3-4,7-11H2,1-2H3. The maximum absolute atomic E-state index is 5.35. The van der Waals surface area contributed by atoms with Gasteiger partial charge in [-0.25, -0.2) is 0 Å². The van der Waals surface area contributed by atoms with Crippen LogP contribution in [0.2, 0.25) is 0 Å². The van der Waals surface area contributed by atoms with E-state index in [0.717, 1.165) is 26.3 Å². The first-order valence-corrected chi connectivity index (χ1v) is 7.13. The summed E-state index contributed by atoms with van der Waals surface area (Å²) < 4.78 is 5.35. The van der Waals surface area contributed by atoms with Crippen molar-refractivity contribution >= 4 is 16.3 Å². The molecule has 0 bridgehead atoms. The molecule has 0 spiro atoms. The highest BCUT2D eigenvalue weighted by atomic mass is 32.1. The van der Waals surface area contributed by atoms with Crippen LogP contribution >= 0.6 is 11.3 Å². The zero-order valence-electron chi connectivity index (χ0n) is 10.8. The minimum atomic E-state index is 0.907. The first-order chi connectivity index (χ1) is 8.25. The van der Waals surface area contributed by atoms with Crippen LogP contribution in [0.1, 0.15) is 11.3 Å². The molecule has 3 nitrogen and oxygen atoms in total. The van der Waals surface area contributed by atoms with Crippen LogP contribution in [0.5, 0.6) is 0 Å². The zero-order valence-corrected chi connectivity index (χ0v) is 11.6. The molecular weight excluding hydrogens is 232 g/mol. The third-order valence-corrected chi connectivity index (χ3v) is 4.40. The molecule has 0 amide bonds. The molecule has 2 rings (SSSR count). The van der Waals surface area contributed by atoms with E-state index in [0.29, 0.717) is 0 Å². The fourth-order valence-electron chi connectivity index (χ4n) is 2.04. The van der Waals surface area contributed by atoms with Gasteiger partial charge in [0.15, 0.2) is 0 Å². The van der Waals surface area contributed by atoms with Crippen LogP contribution in [0.25, 0.3) is 0 Å². The summed E-state index contributed by atoms with van der Waals surface area (Å²) in [7, 11) is 4.20. The third kappa shape index (κ3) is 3.98. The molecule has 0 atom stereocenters. The van der Waals surface area contributed by atoms with Gasteiger partial charge in [-0.15, -0.1) is 11.3 Å². The average Bonchev–Trinajstić information content (AvgIpc) is 2.79. The van der Waals surface area contributed by atoms with Crippen LogP contribution in [0.3, 0.4) is 0 Å². The quantitative estimate of drug-likeness (QED) is 0.800. The molecule has 1 aliphatic rings. The van der Waals surface area contributed by atoms with Gasteiger partial charge in [0.1, 0.15) is 0 Å². The number of anilines is 1. The Morgan fingerprint density at radius 2 is 2.06 bits per heavy atom. The van der Waals surface area contributed by atoms with E-state index in [1.807, 2.05) is 11.3 Å². The van der Waals surface area contributed by atoms with Crippen molar-refractivity contribution in [1.82, 2.24) is 4.90 Å². The van der Waals surface area contributed by atoms with E-state index in [2.05, 4.69) is 36.0 Å². The van der Waals surface area contributed by atoms with Crippen LogP contribution in [0.15, 0.2) is 12.1 Å². The summed E-state index contributed by atoms with van der Waals surface area (Å²) in [6, 6.07) is 4.48. The number of morpholine rings is 1. The highest BCUT2D eigenvalue weighted by Gasteiger charge is 2.09. The minimum absolute atomic E-state index is 0.907. The molecule has 0 aromatic carbocycles. The molecule has 4 heteroatoms. The lowest BCUT2D eigenvalue weighted by Crippen LogP contribution is -2.36. The monoisotopic (exact) mass is 254 g/mol. The normalized spacial score (nSPS) is 17.3. The Bertz CT molecular complexity index is 332. The van der Waals surface area contributed by atoms with E-state index in [1.165, 1.54) is 29.3 Å². The molecular formula is C13H22N2OS. The fourth-order valence-corrected chi connectivity index (χ4v) is 3.01. The molecule has 1 fully saturated rings. The summed E-state index contributed by atoms with van der Waals surface area (Å²) in [6.45, 7) is 5.23. The van der Waals surface area contributed by atoms with Gasteiger partial charge < -0.3 is 9.64 Å². The third-order valence-electron chi connectivity index (χ3n) is 3.09. The number of aryl methyl sites for hydroxylation is 1. The summed E-state index contributed by atoms with van der Waals surface area (Å²) in [5, 5.41) is 1.35. The van der Waals surface area contributed by atoms with Crippen LogP contribution in [0, 0.1) is 0 Å². The van der Waals surface area contributed by atoms with E-state index in [1.54, 1.807) is 0 Å². The maximum Gasteiger partial charge on any atom is 0.0906 e. The van der Waals surface area contributed by atoms with Crippen molar-refractivity contribution in [1.29, 1.82) is 0 Å². The molecule has 1 saturated heterocycles. The Hall–Kier alpha value is -0.580. The Balaban J connectivity index is 1.70. The van der Waals surface area contributed by atoms with Gasteiger partial charge in [-0.1, -0.05) is 0 Å². The van der Waals surface area contributed by atoms with Crippen molar-refractivity contribution in [3.8, 4) is 0 Å². The molecule has 1 aliphatic heterocycles. The van der Waals surface area contributed by atoms with Gasteiger partial charge in [-0.3, -0.25) is 4.90 Å². The van der Waals surface area contributed by atoms with Crippen LogP contribution < -0.4 is 4.90 Å². The first-order valence-electron chi connectivity index (χ1n) is 6.32. The summed E-state index contributed by atoms with van der Waals surface area (Å²) in [6.07, 6.45) is 2.46. The van der Waals surface area contributed by atoms with Crippen molar-refractivity contribution in [3.63, 3.8) is 0 Å². The highest BCUT2D eigenvalue weighted by Crippen LogP contribution is 2.25. The maximum atomic E-state index is 5.35. The van der Waals surface area contributed by atoms with Crippen LogP contribution in [-0.2, 0) is 11.2 Å². The molecule has 0 N–H and O–H groups in total. The minimum Gasteiger partial charge on any atom is -0.379 e. The summed E-state index contributed by atoms with van der Waals surface area (Å²) in [5.74, 6) is 0. The van der Waals surface area contributed by atoms with Crippen molar-refractivity contribution < 1.29 is 4.74 Å². The number of hydrogen-bond donors (Lipinski definition) is 0. The molecule has 0 unspecified atom stereocenters. The van der Waals surface area contributed by atoms with Crippen molar-refractivity contribution in [2.75, 3.05) is 51.8 Å². The first kappa shape index (κ1) is 12.9. The molecule has 1 aromatic heterocycles. The lowest BCUT2D eigenvalue weighted by molar-refractivity contribution is 0.0375. The van der Waals surface area contributed by atoms with Gasteiger partial charge >= 0.3 is 0 Å². The van der Waals surface area contributed by atoms with Crippen LogP contribution in [0.4, 0.5) is 5.00 Å². The van der Waals surface area contributed by atoms with Gasteiger partial charge in [0.2, 0.25) is 0 Å². The predicted octanol–water partition coefficient (Wildman–Crippen LogP) is 2.08. The number of ether oxygens (including phenoxy) is 1. The van der Waals surface area contributed by atoms with E-state index < -0.39 is 0 Å². The number of rotatable bonds is 5. The topological polar surface area (TPSA) is 15.7 Å². The number of nitrogens with zero attached hydrogens (tertiary/aromatic N) is 2. The van der Waals surface area contributed by atoms with Gasteiger partial charge in [0.05, 0.1) is 18.2 Å². The largest absolute Gasteiger partial charge is 0.379 e. The second kappa shape index (κ2) is 6.38. The summed E-state index contributed by atoms with van der Waals surface area (Å²) in [5.41, 5.74) is 0. The van der Waals surface area contributed by atoms with E-state index >= 15 is 0 Å². The van der Waals surface area contributed by atoms with E-state index in [-0.39, 0.29) is 0 Å². The van der Waals surface area contributed by atoms with Gasteiger partial charge in [-0.05, 0) is 31.5 Å². The zero-order chi connectivity index (χ0) is 12.1. The fraction of sp³-hybridized carbons (Fsp3) is 0.692. The Morgan fingerprint density at radius 3 is 2.71 bits per heavy atom. The average molecular weight is 254 g/mol.